The fourth-order valence-electron chi connectivity index (χ4n) is 2.03. The van der Waals surface area contributed by atoms with Crippen molar-refractivity contribution in [3.05, 3.63) is 12.2 Å². The molecular weight excluding hydrogens is 182 g/mol. The minimum absolute atomic E-state index is 0.175. The molecule has 1 fully saturated rings. The summed E-state index contributed by atoms with van der Waals surface area (Å²) in [6.45, 7) is 2.12. The van der Waals surface area contributed by atoms with E-state index in [4.69, 9.17) is 4.84 Å². The number of carbonyl (C=O) groups is 2. The maximum absolute atomic E-state index is 11.7. The molecule has 1 heterocycles. The number of nitrogens with zero attached hydrogens (tertiary/aromatic N) is 1. The largest absolute Gasteiger partial charge is 0.272 e. The van der Waals surface area contributed by atoms with Crippen LogP contribution in [0.5, 0.6) is 0 Å². The van der Waals surface area contributed by atoms with Crippen molar-refractivity contribution in [2.45, 2.75) is 19.8 Å². The topological polar surface area (TPSA) is 46.6 Å². The van der Waals surface area contributed by atoms with E-state index in [9.17, 15) is 9.59 Å². The highest BCUT2D eigenvalue weighted by atomic mass is 16.7. The second-order valence-corrected chi connectivity index (χ2v) is 3.54. The van der Waals surface area contributed by atoms with E-state index in [1.807, 2.05) is 12.2 Å². The zero-order valence-electron chi connectivity index (χ0n) is 8.10. The van der Waals surface area contributed by atoms with Crippen LogP contribution < -0.4 is 0 Å². The molecule has 0 bridgehead atoms. The number of carbonyl (C=O) groups excluding carboxylic acids is 2. The van der Waals surface area contributed by atoms with Crippen LogP contribution in [0.3, 0.4) is 0 Å². The molecule has 0 radical (unpaired) electrons. The normalized spacial score (nSPS) is 31.1. The Hall–Kier alpha value is -1.16. The molecule has 1 aliphatic heterocycles. The van der Waals surface area contributed by atoms with Gasteiger partial charge in [0.15, 0.2) is 0 Å². The van der Waals surface area contributed by atoms with Crippen LogP contribution in [-0.2, 0) is 14.4 Å². The Bertz CT molecular complexity index is 272. The molecule has 76 valence electrons. The molecule has 0 aromatic rings. The maximum atomic E-state index is 11.7. The molecule has 0 aromatic heterocycles. The Morgan fingerprint density at radius 3 is 2.21 bits per heavy atom. The van der Waals surface area contributed by atoms with Crippen LogP contribution in [0.4, 0.5) is 0 Å². The predicted molar refractivity (Wildman–Crippen MR) is 48.8 cm³/mol. The molecule has 0 N–H and O–H groups in total. The highest BCUT2D eigenvalue weighted by Gasteiger charge is 2.48. The Balaban J connectivity index is 2.19. The minimum Gasteiger partial charge on any atom is -0.272 e. The molecule has 1 saturated heterocycles. The van der Waals surface area contributed by atoms with E-state index < -0.39 is 0 Å². The zero-order valence-corrected chi connectivity index (χ0v) is 8.10. The van der Waals surface area contributed by atoms with Crippen molar-refractivity contribution >= 4 is 11.8 Å². The summed E-state index contributed by atoms with van der Waals surface area (Å²) in [6, 6.07) is 0. The monoisotopic (exact) mass is 195 g/mol. The third kappa shape index (κ3) is 1.26. The molecule has 0 spiro atoms. The third-order valence-electron chi connectivity index (χ3n) is 2.73. The summed E-state index contributed by atoms with van der Waals surface area (Å²) in [5, 5.41) is 0.947. The molecule has 2 unspecified atom stereocenters. The summed E-state index contributed by atoms with van der Waals surface area (Å²) < 4.78 is 0. The SMILES string of the molecule is CCON1C(=O)C2CC=CCC2C1=O. The summed E-state index contributed by atoms with van der Waals surface area (Å²) >= 11 is 0. The summed E-state index contributed by atoms with van der Waals surface area (Å²) in [4.78, 5) is 28.4. The van der Waals surface area contributed by atoms with Crippen LogP contribution in [0.2, 0.25) is 0 Å². The molecule has 2 amide bonds. The van der Waals surface area contributed by atoms with Crippen LogP contribution in [0, 0.1) is 11.8 Å². The summed E-state index contributed by atoms with van der Waals surface area (Å²) in [7, 11) is 0. The van der Waals surface area contributed by atoms with E-state index in [1.165, 1.54) is 0 Å². The summed E-state index contributed by atoms with van der Waals surface area (Å²) in [5.74, 6) is -0.712. The molecule has 4 heteroatoms. The van der Waals surface area contributed by atoms with E-state index in [-0.39, 0.29) is 23.7 Å². The van der Waals surface area contributed by atoms with Crippen molar-refractivity contribution in [2.24, 2.45) is 11.8 Å². The van der Waals surface area contributed by atoms with E-state index in [1.54, 1.807) is 6.92 Å². The lowest BCUT2D eigenvalue weighted by Crippen LogP contribution is -2.31. The van der Waals surface area contributed by atoms with E-state index in [2.05, 4.69) is 0 Å². The molecule has 2 rings (SSSR count). The molecule has 14 heavy (non-hydrogen) atoms. The number of fused-ring (bicyclic) bond motifs is 1. The second-order valence-electron chi connectivity index (χ2n) is 3.54. The van der Waals surface area contributed by atoms with Gasteiger partial charge in [-0.2, -0.15) is 5.06 Å². The Morgan fingerprint density at radius 2 is 1.79 bits per heavy atom. The molecule has 2 aliphatic rings. The molecular formula is C10H13NO3. The number of amides is 2. The lowest BCUT2D eigenvalue weighted by atomic mass is 9.85. The average molecular weight is 195 g/mol. The van der Waals surface area contributed by atoms with Gasteiger partial charge in [0, 0.05) is 0 Å². The predicted octanol–water partition coefficient (Wildman–Crippen LogP) is 0.889. The summed E-state index contributed by atoms with van der Waals surface area (Å²) in [6.07, 6.45) is 5.25. The standard InChI is InChI=1S/C10H13NO3/c1-2-14-11-9(12)7-5-3-4-6-8(7)10(11)13/h3-4,7-8H,2,5-6H2,1H3. The smallest absolute Gasteiger partial charge is 0.257 e. The first-order valence-electron chi connectivity index (χ1n) is 4.91. The van der Waals surface area contributed by atoms with Crippen LogP contribution >= 0.6 is 0 Å². The number of rotatable bonds is 2. The molecule has 2 atom stereocenters. The van der Waals surface area contributed by atoms with Gasteiger partial charge in [0.2, 0.25) is 0 Å². The average Bonchev–Trinajstić information content (AvgIpc) is 2.45. The number of allylic oxidation sites excluding steroid dienone is 2. The Kier molecular flexibility index (Phi) is 2.37. The van der Waals surface area contributed by atoms with Gasteiger partial charge in [-0.3, -0.25) is 14.4 Å². The van der Waals surface area contributed by atoms with Gasteiger partial charge < -0.3 is 0 Å². The first-order valence-corrected chi connectivity index (χ1v) is 4.91. The van der Waals surface area contributed by atoms with Gasteiger partial charge in [-0.1, -0.05) is 12.2 Å². The van der Waals surface area contributed by atoms with E-state index >= 15 is 0 Å². The number of hydroxylamine groups is 2. The third-order valence-corrected chi connectivity index (χ3v) is 2.73. The van der Waals surface area contributed by atoms with Crippen molar-refractivity contribution in [1.29, 1.82) is 0 Å². The lowest BCUT2D eigenvalue weighted by molar-refractivity contribution is -0.188. The number of imide groups is 1. The molecule has 0 aromatic carbocycles. The fraction of sp³-hybridized carbons (Fsp3) is 0.600. The van der Waals surface area contributed by atoms with Crippen LogP contribution in [-0.4, -0.2) is 23.5 Å². The lowest BCUT2D eigenvalue weighted by Gasteiger charge is -2.14. The fourth-order valence-corrected chi connectivity index (χ4v) is 2.03. The van der Waals surface area contributed by atoms with E-state index in [0.717, 1.165) is 5.06 Å². The quantitative estimate of drug-likeness (QED) is 0.485. The molecule has 1 aliphatic carbocycles. The van der Waals surface area contributed by atoms with Crippen molar-refractivity contribution in [2.75, 3.05) is 6.61 Å². The van der Waals surface area contributed by atoms with E-state index in [0.29, 0.717) is 19.4 Å². The van der Waals surface area contributed by atoms with Crippen LogP contribution in [0.15, 0.2) is 12.2 Å². The van der Waals surface area contributed by atoms with Crippen molar-refractivity contribution in [3.63, 3.8) is 0 Å². The van der Waals surface area contributed by atoms with Gasteiger partial charge in [0.05, 0.1) is 18.4 Å². The van der Waals surface area contributed by atoms with Gasteiger partial charge in [-0.05, 0) is 19.8 Å². The van der Waals surface area contributed by atoms with Gasteiger partial charge in [-0.25, -0.2) is 0 Å². The molecule has 0 saturated carbocycles. The Morgan fingerprint density at radius 1 is 1.29 bits per heavy atom. The first-order chi connectivity index (χ1) is 6.75. The Labute approximate surface area is 82.5 Å². The number of hydrogen-bond acceptors (Lipinski definition) is 3. The van der Waals surface area contributed by atoms with Crippen molar-refractivity contribution in [1.82, 2.24) is 5.06 Å². The summed E-state index contributed by atoms with van der Waals surface area (Å²) in [5.41, 5.74) is 0. The molecule has 4 nitrogen and oxygen atoms in total. The second kappa shape index (κ2) is 3.53. The maximum Gasteiger partial charge on any atom is 0.257 e. The van der Waals surface area contributed by atoms with Crippen LogP contribution in [0.25, 0.3) is 0 Å². The van der Waals surface area contributed by atoms with Gasteiger partial charge in [-0.15, -0.1) is 0 Å². The van der Waals surface area contributed by atoms with Gasteiger partial charge in [0.25, 0.3) is 11.8 Å². The minimum atomic E-state index is -0.181. The van der Waals surface area contributed by atoms with Crippen LogP contribution in [0.1, 0.15) is 19.8 Å². The number of hydrogen-bond donors (Lipinski definition) is 0. The van der Waals surface area contributed by atoms with Crippen molar-refractivity contribution < 1.29 is 14.4 Å². The highest BCUT2D eigenvalue weighted by molar-refractivity contribution is 6.04. The van der Waals surface area contributed by atoms with Gasteiger partial charge >= 0.3 is 0 Å². The first kappa shape index (κ1) is 9.40. The van der Waals surface area contributed by atoms with Crippen molar-refractivity contribution in [3.8, 4) is 0 Å². The highest BCUT2D eigenvalue weighted by Crippen LogP contribution is 2.34. The van der Waals surface area contributed by atoms with Gasteiger partial charge in [0.1, 0.15) is 0 Å². The zero-order chi connectivity index (χ0) is 10.1.